The Morgan fingerprint density at radius 2 is 2.20 bits per heavy atom. The summed E-state index contributed by atoms with van der Waals surface area (Å²) in [6, 6.07) is 4.69. The zero-order valence-corrected chi connectivity index (χ0v) is 8.31. The fourth-order valence-electron chi connectivity index (χ4n) is 1.37. The van der Waals surface area contributed by atoms with Crippen LogP contribution < -0.4 is 5.76 Å². The standard InChI is InChI=1S/C10H9NO4/c1-11-7-5-6(9(12)14-2)3-4-8(7)15-10(11)13/h3-5H,1-2H3. The Kier molecular flexibility index (Phi) is 2.07. The molecule has 0 amide bonds. The van der Waals surface area contributed by atoms with E-state index in [-0.39, 0.29) is 0 Å². The van der Waals surface area contributed by atoms with Gasteiger partial charge in [0.25, 0.3) is 0 Å². The average Bonchev–Trinajstić information content (AvgIpc) is 2.54. The highest BCUT2D eigenvalue weighted by Crippen LogP contribution is 2.14. The third kappa shape index (κ3) is 1.41. The van der Waals surface area contributed by atoms with E-state index in [0.717, 1.165) is 0 Å². The van der Waals surface area contributed by atoms with Gasteiger partial charge in [-0.3, -0.25) is 4.57 Å². The summed E-state index contributed by atoms with van der Waals surface area (Å²) in [5.41, 5.74) is 1.42. The summed E-state index contributed by atoms with van der Waals surface area (Å²) in [6.07, 6.45) is 0. The van der Waals surface area contributed by atoms with Crippen molar-refractivity contribution in [2.45, 2.75) is 0 Å². The molecule has 0 saturated carbocycles. The molecule has 0 N–H and O–H groups in total. The van der Waals surface area contributed by atoms with Gasteiger partial charge in [0.1, 0.15) is 0 Å². The van der Waals surface area contributed by atoms with Crippen molar-refractivity contribution in [3.63, 3.8) is 0 Å². The topological polar surface area (TPSA) is 61.4 Å². The minimum absolute atomic E-state index is 0.390. The van der Waals surface area contributed by atoms with Gasteiger partial charge in [-0.2, -0.15) is 0 Å². The van der Waals surface area contributed by atoms with E-state index >= 15 is 0 Å². The number of nitrogens with zero attached hydrogens (tertiary/aromatic N) is 1. The molecule has 0 atom stereocenters. The highest BCUT2D eigenvalue weighted by atomic mass is 16.5. The number of esters is 1. The molecule has 1 aromatic carbocycles. The van der Waals surface area contributed by atoms with Crippen LogP contribution in [0.3, 0.4) is 0 Å². The van der Waals surface area contributed by atoms with Crippen LogP contribution in [0.5, 0.6) is 0 Å². The number of hydrogen-bond acceptors (Lipinski definition) is 4. The van der Waals surface area contributed by atoms with Crippen LogP contribution in [0, 0.1) is 0 Å². The minimum atomic E-state index is -0.452. The first-order valence-corrected chi connectivity index (χ1v) is 4.31. The molecule has 5 nitrogen and oxygen atoms in total. The number of oxazole rings is 1. The van der Waals surface area contributed by atoms with E-state index in [9.17, 15) is 9.59 Å². The van der Waals surface area contributed by atoms with E-state index in [4.69, 9.17) is 4.42 Å². The number of methoxy groups -OCH3 is 1. The largest absolute Gasteiger partial charge is 0.465 e. The molecule has 0 bridgehead atoms. The predicted molar refractivity (Wildman–Crippen MR) is 52.8 cm³/mol. The van der Waals surface area contributed by atoms with Gasteiger partial charge in [-0.1, -0.05) is 0 Å². The van der Waals surface area contributed by atoms with Crippen LogP contribution >= 0.6 is 0 Å². The number of carbonyl (C=O) groups excluding carboxylic acids is 1. The molecule has 2 aromatic rings. The number of carbonyl (C=O) groups is 1. The van der Waals surface area contributed by atoms with Crippen LogP contribution in [0.25, 0.3) is 11.1 Å². The van der Waals surface area contributed by atoms with E-state index in [1.807, 2.05) is 0 Å². The second kappa shape index (κ2) is 3.27. The maximum Gasteiger partial charge on any atom is 0.419 e. The lowest BCUT2D eigenvalue weighted by Crippen LogP contribution is -2.08. The number of hydrogen-bond donors (Lipinski definition) is 0. The van der Waals surface area contributed by atoms with Gasteiger partial charge in [0.2, 0.25) is 0 Å². The molecule has 0 spiro atoms. The fourth-order valence-corrected chi connectivity index (χ4v) is 1.37. The van der Waals surface area contributed by atoms with Gasteiger partial charge in [-0.05, 0) is 18.2 Å². The SMILES string of the molecule is COC(=O)c1ccc2oc(=O)n(C)c2c1. The van der Waals surface area contributed by atoms with Gasteiger partial charge >= 0.3 is 11.7 Å². The van der Waals surface area contributed by atoms with Gasteiger partial charge in [0.15, 0.2) is 5.58 Å². The smallest absolute Gasteiger partial charge is 0.419 e. The third-order valence-corrected chi connectivity index (χ3v) is 2.21. The molecule has 2 rings (SSSR count). The number of aromatic nitrogens is 1. The van der Waals surface area contributed by atoms with E-state index in [2.05, 4.69) is 4.74 Å². The van der Waals surface area contributed by atoms with Crippen molar-refractivity contribution in [3.8, 4) is 0 Å². The maximum absolute atomic E-state index is 11.2. The molecule has 0 saturated heterocycles. The number of aryl methyl sites for hydroxylation is 1. The van der Waals surface area contributed by atoms with Gasteiger partial charge in [0, 0.05) is 7.05 Å². The first kappa shape index (κ1) is 9.51. The number of ether oxygens (including phenoxy) is 1. The summed E-state index contributed by atoms with van der Waals surface area (Å²) in [7, 11) is 2.89. The van der Waals surface area contributed by atoms with Crippen molar-refractivity contribution in [1.29, 1.82) is 0 Å². The average molecular weight is 207 g/mol. The molecule has 0 fully saturated rings. The zero-order valence-electron chi connectivity index (χ0n) is 8.31. The number of benzene rings is 1. The Labute approximate surface area is 84.9 Å². The van der Waals surface area contributed by atoms with Crippen LogP contribution in [0.15, 0.2) is 27.4 Å². The Balaban J connectivity index is 2.69. The summed E-state index contributed by atoms with van der Waals surface area (Å²) in [4.78, 5) is 22.4. The summed E-state index contributed by atoms with van der Waals surface area (Å²) < 4.78 is 10.8. The van der Waals surface area contributed by atoms with Crippen molar-refractivity contribution >= 4 is 17.1 Å². The quantitative estimate of drug-likeness (QED) is 0.652. The highest BCUT2D eigenvalue weighted by molar-refractivity contribution is 5.93. The highest BCUT2D eigenvalue weighted by Gasteiger charge is 2.10. The second-order valence-corrected chi connectivity index (χ2v) is 3.10. The summed E-state index contributed by atoms with van der Waals surface area (Å²) in [6.45, 7) is 0. The van der Waals surface area contributed by atoms with E-state index < -0.39 is 11.7 Å². The third-order valence-electron chi connectivity index (χ3n) is 2.21. The fraction of sp³-hybridized carbons (Fsp3) is 0.200. The minimum Gasteiger partial charge on any atom is -0.465 e. The molecule has 1 heterocycles. The zero-order chi connectivity index (χ0) is 11.0. The van der Waals surface area contributed by atoms with E-state index in [1.54, 1.807) is 25.2 Å². The van der Waals surface area contributed by atoms with Gasteiger partial charge < -0.3 is 9.15 Å². The lowest BCUT2D eigenvalue weighted by molar-refractivity contribution is 0.0601. The first-order valence-electron chi connectivity index (χ1n) is 4.31. The van der Waals surface area contributed by atoms with Crippen molar-refractivity contribution in [2.75, 3.05) is 7.11 Å². The number of rotatable bonds is 1. The van der Waals surface area contributed by atoms with Gasteiger partial charge in [0.05, 0.1) is 18.2 Å². The molecule has 78 valence electrons. The first-order chi connectivity index (χ1) is 7.13. The Bertz CT molecular complexity index is 579. The predicted octanol–water partition coefficient (Wildman–Crippen LogP) is 0.918. The second-order valence-electron chi connectivity index (χ2n) is 3.10. The van der Waals surface area contributed by atoms with Crippen molar-refractivity contribution in [2.24, 2.45) is 7.05 Å². The summed E-state index contributed by atoms with van der Waals surface area (Å²) >= 11 is 0. The molecule has 0 aliphatic heterocycles. The van der Waals surface area contributed by atoms with Crippen LogP contribution in [-0.4, -0.2) is 17.6 Å². The number of fused-ring (bicyclic) bond motifs is 1. The lowest BCUT2D eigenvalue weighted by Gasteiger charge is -1.98. The Morgan fingerprint density at radius 1 is 1.47 bits per heavy atom. The summed E-state index contributed by atoms with van der Waals surface area (Å²) in [5.74, 6) is -0.891. The van der Waals surface area contributed by atoms with Crippen molar-refractivity contribution < 1.29 is 13.9 Å². The normalized spacial score (nSPS) is 10.5. The Hall–Kier alpha value is -2.04. The van der Waals surface area contributed by atoms with E-state index in [0.29, 0.717) is 16.7 Å². The molecule has 0 aliphatic rings. The molecule has 1 aromatic heterocycles. The van der Waals surface area contributed by atoms with Crippen LogP contribution in [0.1, 0.15) is 10.4 Å². The van der Waals surface area contributed by atoms with Crippen LogP contribution in [0.2, 0.25) is 0 Å². The monoisotopic (exact) mass is 207 g/mol. The maximum atomic E-state index is 11.2. The van der Waals surface area contributed by atoms with Crippen molar-refractivity contribution in [1.82, 2.24) is 4.57 Å². The molecule has 15 heavy (non-hydrogen) atoms. The molecule has 0 unspecified atom stereocenters. The van der Waals surface area contributed by atoms with Crippen LogP contribution in [-0.2, 0) is 11.8 Å². The van der Waals surface area contributed by atoms with E-state index in [1.165, 1.54) is 11.7 Å². The van der Waals surface area contributed by atoms with Gasteiger partial charge in [-0.25, -0.2) is 9.59 Å². The molecule has 0 radical (unpaired) electrons. The molecular formula is C10H9NO4. The summed E-state index contributed by atoms with van der Waals surface area (Å²) in [5, 5.41) is 0. The van der Waals surface area contributed by atoms with Crippen molar-refractivity contribution in [3.05, 3.63) is 34.3 Å². The molecule has 0 aliphatic carbocycles. The lowest BCUT2D eigenvalue weighted by atomic mass is 10.2. The molecule has 5 heteroatoms. The molecular weight excluding hydrogens is 198 g/mol. The van der Waals surface area contributed by atoms with Crippen LogP contribution in [0.4, 0.5) is 0 Å². The van der Waals surface area contributed by atoms with Gasteiger partial charge in [-0.15, -0.1) is 0 Å². The Morgan fingerprint density at radius 3 is 2.87 bits per heavy atom.